The summed E-state index contributed by atoms with van der Waals surface area (Å²) in [6.45, 7) is 23.7. The van der Waals surface area contributed by atoms with Crippen molar-refractivity contribution in [1.82, 2.24) is 4.90 Å². The quantitative estimate of drug-likeness (QED) is 0.266. The number of fused-ring (bicyclic) bond motifs is 13. The van der Waals surface area contributed by atoms with Gasteiger partial charge in [-0.25, -0.2) is 0 Å². The van der Waals surface area contributed by atoms with Gasteiger partial charge in [0, 0.05) is 11.0 Å². The molecule has 0 aromatic rings. The van der Waals surface area contributed by atoms with Gasteiger partial charge in [0.15, 0.2) is 0 Å². The maximum Gasteiger partial charge on any atom is 0.0303 e. The average Bonchev–Trinajstić information content (AvgIpc) is 1.36. The van der Waals surface area contributed by atoms with Crippen LogP contribution in [0, 0.1) is 159 Å². The first kappa shape index (κ1) is 57.6. The summed E-state index contributed by atoms with van der Waals surface area (Å²) in [6, 6.07) is 0. The molecule has 0 N–H and O–H groups in total. The van der Waals surface area contributed by atoms with E-state index >= 15 is 0 Å². The highest BCUT2D eigenvalue weighted by Gasteiger charge is 2.50. The third-order valence-electron chi connectivity index (χ3n) is 28.8. The molecule has 26 fully saturated rings. The molecular formula is C84H151N. The van der Waals surface area contributed by atoms with Crippen molar-refractivity contribution in [2.75, 3.05) is 20.1 Å². The van der Waals surface area contributed by atoms with Crippen molar-refractivity contribution in [1.29, 1.82) is 0 Å². The Morgan fingerprint density at radius 2 is 0.741 bits per heavy atom. The van der Waals surface area contributed by atoms with Crippen LogP contribution >= 0.6 is 0 Å². The summed E-state index contributed by atoms with van der Waals surface area (Å²) < 4.78 is 62.5. The molecule has 0 aromatic heterocycles. The van der Waals surface area contributed by atoms with Crippen LogP contribution in [0.1, 0.15) is 363 Å². The monoisotopic (exact) mass is 1180 g/mol. The Morgan fingerprint density at radius 3 is 1.01 bits per heavy atom. The second-order valence-electron chi connectivity index (χ2n) is 36.5. The third-order valence-corrected chi connectivity index (χ3v) is 28.8. The highest BCUT2D eigenvalue weighted by molar-refractivity contribution is 5.01. The predicted octanol–water partition coefficient (Wildman–Crippen LogP) is 25.4. The van der Waals surface area contributed by atoms with Gasteiger partial charge in [-0.05, 0) is 372 Å². The maximum atomic E-state index is 8.08. The van der Waals surface area contributed by atoms with Crippen LogP contribution in [0.4, 0.5) is 0 Å². The van der Waals surface area contributed by atoms with Crippen molar-refractivity contribution in [3.05, 3.63) is 0 Å². The molecule has 1 saturated heterocycles. The molecule has 0 aromatic carbocycles. The molecule has 0 amide bonds. The second-order valence-corrected chi connectivity index (χ2v) is 36.5. The van der Waals surface area contributed by atoms with E-state index in [0.717, 1.165) is 158 Å². The fourth-order valence-corrected chi connectivity index (χ4v) is 23.1. The van der Waals surface area contributed by atoms with E-state index in [1.54, 1.807) is 77.6 Å². The Kier molecular flexibility index (Phi) is 22.2. The van der Waals surface area contributed by atoms with Crippen molar-refractivity contribution in [2.45, 2.75) is 352 Å². The topological polar surface area (TPSA) is 3.24 Å². The van der Waals surface area contributed by atoms with Crippen LogP contribution in [0.5, 0.6) is 0 Å². The van der Waals surface area contributed by atoms with Crippen molar-refractivity contribution in [3.63, 3.8) is 0 Å². The number of piperidine rings is 1. The molecule has 4 atom stereocenters. The lowest BCUT2D eigenvalue weighted by molar-refractivity contribution is -0.0673. The number of hydrogen-bond acceptors (Lipinski definition) is 1. The number of nitrogens with zero attached hydrogens (tertiary/aromatic N) is 1. The lowest BCUT2D eigenvalue weighted by atomic mass is 9.49. The van der Waals surface area contributed by atoms with Gasteiger partial charge in [0.2, 0.25) is 0 Å². The summed E-state index contributed by atoms with van der Waals surface area (Å²) in [7, 11) is 2.12. The van der Waals surface area contributed by atoms with E-state index in [1.165, 1.54) is 178 Å². The zero-order valence-electron chi connectivity index (χ0n) is 66.8. The molecule has 25 saturated carbocycles. The molecule has 25 aliphatic carbocycles. The van der Waals surface area contributed by atoms with Crippen molar-refractivity contribution in [2.24, 2.45) is 159 Å². The molecule has 1 aliphatic heterocycles. The van der Waals surface area contributed by atoms with Crippen molar-refractivity contribution >= 4 is 0 Å². The van der Waals surface area contributed by atoms with Crippen molar-refractivity contribution < 1.29 is 11.0 Å². The first-order valence-electron chi connectivity index (χ1n) is 43.3. The number of hydrogen-bond donors (Lipinski definition) is 0. The highest BCUT2D eigenvalue weighted by Crippen LogP contribution is 2.62. The third kappa shape index (κ3) is 20.2. The standard InChI is InChI=1S/C12H20.C11H20.2C9H16.2C8H14.C7H15N.C7H12.C7H14.C6H10/c1-2-12-6-9-3-10(7-12)5-11(4-9)8-12;1-9-7-10-3-2-4-11(8-9)6-5-10;1-7-6-8-2-4-9(7)5-3-8;1-2-7-3-8-5-9(4-7)6-8;2*1-6-2-7-4-8(3-6)5-7;1-7-3-5-8(2)6-4-7;1-5-2-6-3-7(5)4-6;1-7-5-3-2-4-6-7;1-4-5-2-6(4)3-5/h9-11H,2-8H2,1H3;9-11H,2-8H2,1H3;2*7-9H,2-6H2,1H3;2*6-8H,2-5H2,1H3;7H,3-6H2,1-2H3;5-7H,2-4H2,1H3;7H,2-6H2,1H3;4-6H,2-3H2,1H3/t;;7-,8?,9?;;;;;5-,6?,7?;;/m..1....1../s1/i2D2;;7D;2D2;6D;;7D;;7D;. The molecule has 18 bridgehead atoms. The van der Waals surface area contributed by atoms with Gasteiger partial charge in [0.1, 0.15) is 0 Å². The SMILES string of the molecule is CC1C2CC1C2.CC1CC2CC(C1)C2.CC1CC2CCCC(CC2)C1.C[C@@H]1CC2CC1C2.[2H]C([2H])(C)C12CC3CC(CC(C3)C1)C2.[2H]C([2H])(C)C1CC2CC(C2)C1.[2H]C1(C)CC2CC(C2)C1.[2H]C1(C)CCCCC1.[2H]C1(C)CCN(C)CC1.[2H][C@@]1(C)CC2CCC1CC2. The summed E-state index contributed by atoms with van der Waals surface area (Å²) in [5.74, 6) is 21.5. The van der Waals surface area contributed by atoms with Crippen molar-refractivity contribution in [3.8, 4) is 0 Å². The molecule has 2 unspecified atom stereocenters. The summed E-state index contributed by atoms with van der Waals surface area (Å²) in [4.78, 5) is 2.29. The van der Waals surface area contributed by atoms with Crippen LogP contribution in [-0.4, -0.2) is 25.0 Å². The Morgan fingerprint density at radius 1 is 0.341 bits per heavy atom. The minimum Gasteiger partial charge on any atom is -0.306 e. The summed E-state index contributed by atoms with van der Waals surface area (Å²) in [5, 5.41) is 0. The van der Waals surface area contributed by atoms with Gasteiger partial charge in [0.05, 0.1) is 0 Å². The Balaban J connectivity index is 0.000000114. The molecule has 26 rings (SSSR count). The van der Waals surface area contributed by atoms with E-state index in [9.17, 15) is 0 Å². The maximum absolute atomic E-state index is 8.08. The Bertz CT molecular complexity index is 2120. The van der Waals surface area contributed by atoms with Gasteiger partial charge < -0.3 is 4.90 Å². The molecule has 0 radical (unpaired) electrons. The van der Waals surface area contributed by atoms with Crippen LogP contribution in [-0.2, 0) is 0 Å². The molecular weight excluding hydrogens is 1020 g/mol. The van der Waals surface area contributed by atoms with E-state index in [2.05, 4.69) is 53.5 Å². The van der Waals surface area contributed by atoms with Crippen LogP contribution in [0.25, 0.3) is 0 Å². The smallest absolute Gasteiger partial charge is 0.0303 e. The van der Waals surface area contributed by atoms with Gasteiger partial charge in [-0.15, -0.1) is 0 Å². The highest BCUT2D eigenvalue weighted by atomic mass is 15.1. The second kappa shape index (κ2) is 32.7. The van der Waals surface area contributed by atoms with Gasteiger partial charge >= 0.3 is 0 Å². The summed E-state index contributed by atoms with van der Waals surface area (Å²) in [5.41, 5.74) is 0.0712. The van der Waals surface area contributed by atoms with E-state index < -0.39 is 12.7 Å². The minimum atomic E-state index is -0.941. The first-order chi connectivity index (χ1) is 43.6. The number of likely N-dealkylation sites (tertiary alicyclic amines) is 1. The molecule has 1 heterocycles. The van der Waals surface area contributed by atoms with Gasteiger partial charge in [-0.3, -0.25) is 0 Å². The lowest BCUT2D eigenvalue weighted by Crippen LogP contribution is -2.48. The van der Waals surface area contributed by atoms with Gasteiger partial charge in [-0.1, -0.05) is 159 Å². The van der Waals surface area contributed by atoms with E-state index in [0.29, 0.717) is 5.92 Å². The Labute approximate surface area is 544 Å². The van der Waals surface area contributed by atoms with Gasteiger partial charge in [-0.2, -0.15) is 0 Å². The molecule has 1 nitrogen and oxygen atoms in total. The minimum absolute atomic E-state index is 0.0498. The zero-order valence-corrected chi connectivity index (χ0v) is 58.8. The molecule has 26 aliphatic rings. The van der Waals surface area contributed by atoms with Crippen LogP contribution < -0.4 is 0 Å². The molecule has 85 heavy (non-hydrogen) atoms. The first-order valence-corrected chi connectivity index (χ1v) is 39.3. The fourth-order valence-electron chi connectivity index (χ4n) is 23.1. The zero-order chi connectivity index (χ0) is 66.9. The molecule has 0 spiro atoms. The van der Waals surface area contributed by atoms with Crippen LogP contribution in [0.2, 0.25) is 0 Å². The molecule has 1 heteroatoms. The van der Waals surface area contributed by atoms with Crippen LogP contribution in [0.15, 0.2) is 0 Å². The average molecular weight is 1180 g/mol. The molecule has 492 valence electrons. The Hall–Kier alpha value is -0.0400. The predicted molar refractivity (Wildman–Crippen MR) is 371 cm³/mol. The van der Waals surface area contributed by atoms with Gasteiger partial charge in [0.25, 0.3) is 0 Å². The lowest BCUT2D eigenvalue weighted by Gasteiger charge is -2.56. The normalized spacial score (nSPS) is 51.9. The van der Waals surface area contributed by atoms with Crippen LogP contribution in [0.3, 0.4) is 0 Å². The fraction of sp³-hybridized carbons (Fsp3) is 1.00. The van der Waals surface area contributed by atoms with E-state index in [1.807, 2.05) is 20.8 Å². The summed E-state index contributed by atoms with van der Waals surface area (Å²) >= 11 is 0. The summed E-state index contributed by atoms with van der Waals surface area (Å²) in [6.07, 6.45) is 56.0. The van der Waals surface area contributed by atoms with E-state index in [4.69, 9.17) is 11.0 Å². The van der Waals surface area contributed by atoms with E-state index in [-0.39, 0.29) is 29.0 Å². The number of rotatable bonds is 2. The largest absolute Gasteiger partial charge is 0.306 e.